The van der Waals surface area contributed by atoms with Gasteiger partial charge in [-0.25, -0.2) is 9.89 Å². The Labute approximate surface area is 116 Å². The topological polar surface area (TPSA) is 145 Å². The normalized spacial score (nSPS) is 11.6. The number of hydrogen-bond donors (Lipinski definition) is 4. The van der Waals surface area contributed by atoms with E-state index in [0.29, 0.717) is 11.8 Å². The first kappa shape index (κ1) is 14.2. The summed E-state index contributed by atoms with van der Waals surface area (Å²) in [5.41, 5.74) is -1.97. The van der Waals surface area contributed by atoms with Gasteiger partial charge >= 0.3 is 5.69 Å². The number of amides is 1. The van der Waals surface area contributed by atoms with E-state index in [-0.39, 0.29) is 5.75 Å². The Hall–Kier alpha value is -3.23. The van der Waals surface area contributed by atoms with Crippen molar-refractivity contribution in [3.8, 4) is 5.75 Å². The van der Waals surface area contributed by atoms with E-state index in [0.717, 1.165) is 0 Å². The third-order valence-electron chi connectivity index (χ3n) is 2.60. The molecule has 0 aliphatic heterocycles. The molecular weight excluding hydrogens is 280 g/mol. The molecule has 2 rings (SSSR count). The van der Waals surface area contributed by atoms with Crippen molar-refractivity contribution in [2.24, 2.45) is 0 Å². The van der Waals surface area contributed by atoms with Gasteiger partial charge in [-0.3, -0.25) is 14.6 Å². The minimum atomic E-state index is -1.02. The van der Waals surface area contributed by atoms with Crippen LogP contribution in [0, 0.1) is 0 Å². The first-order valence-electron chi connectivity index (χ1n) is 5.75. The number of aromatic nitrogens is 3. The van der Waals surface area contributed by atoms with Crippen LogP contribution in [0.2, 0.25) is 0 Å². The highest BCUT2D eigenvalue weighted by Crippen LogP contribution is 2.15. The predicted molar refractivity (Wildman–Crippen MR) is 69.9 cm³/mol. The number of H-pyrrole nitrogens is 2. The molecule has 1 aromatic heterocycles. The molecule has 1 atom stereocenters. The fourth-order valence-corrected chi connectivity index (χ4v) is 1.59. The summed E-state index contributed by atoms with van der Waals surface area (Å²) >= 11 is 0. The maximum atomic E-state index is 11.9. The standard InChI is InChI=1S/C12H10N4O5/c17-5-8(6-1-3-7(18)4-2-6)13-10(19)9-11(20)14-12(21)16-15-9/h1-5,8,18H,(H,13,19)(H2,14,16,20,21). The van der Waals surface area contributed by atoms with Crippen molar-refractivity contribution >= 4 is 12.2 Å². The Morgan fingerprint density at radius 3 is 2.52 bits per heavy atom. The molecule has 21 heavy (non-hydrogen) atoms. The van der Waals surface area contributed by atoms with Crippen molar-refractivity contribution in [3.63, 3.8) is 0 Å². The Morgan fingerprint density at radius 2 is 1.95 bits per heavy atom. The highest BCUT2D eigenvalue weighted by Gasteiger charge is 2.18. The van der Waals surface area contributed by atoms with Crippen LogP contribution in [0.3, 0.4) is 0 Å². The molecule has 1 amide bonds. The monoisotopic (exact) mass is 290 g/mol. The second kappa shape index (κ2) is 5.82. The summed E-state index contributed by atoms with van der Waals surface area (Å²) in [7, 11) is 0. The number of phenols is 1. The minimum absolute atomic E-state index is 0.00784. The van der Waals surface area contributed by atoms with Gasteiger partial charge in [-0.15, -0.1) is 0 Å². The molecule has 0 aliphatic carbocycles. The van der Waals surface area contributed by atoms with Gasteiger partial charge in [0.05, 0.1) is 0 Å². The lowest BCUT2D eigenvalue weighted by molar-refractivity contribution is -0.109. The largest absolute Gasteiger partial charge is 0.508 e. The third kappa shape index (κ3) is 3.21. The molecule has 9 nitrogen and oxygen atoms in total. The zero-order chi connectivity index (χ0) is 15.4. The number of carbonyl (C=O) groups is 2. The lowest BCUT2D eigenvalue weighted by Crippen LogP contribution is -2.37. The molecule has 1 aromatic carbocycles. The van der Waals surface area contributed by atoms with Crippen LogP contribution in [0.1, 0.15) is 22.1 Å². The molecule has 0 fully saturated rings. The van der Waals surface area contributed by atoms with Crippen LogP contribution in [-0.4, -0.2) is 32.5 Å². The maximum Gasteiger partial charge on any atom is 0.342 e. The third-order valence-corrected chi connectivity index (χ3v) is 2.60. The van der Waals surface area contributed by atoms with E-state index >= 15 is 0 Å². The smallest absolute Gasteiger partial charge is 0.342 e. The summed E-state index contributed by atoms with van der Waals surface area (Å²) < 4.78 is 0. The molecule has 108 valence electrons. The Balaban J connectivity index is 2.24. The van der Waals surface area contributed by atoms with E-state index in [4.69, 9.17) is 5.11 Å². The number of phenolic OH excluding ortho intramolecular Hbond substituents is 1. The van der Waals surface area contributed by atoms with Crippen molar-refractivity contribution in [1.29, 1.82) is 0 Å². The van der Waals surface area contributed by atoms with E-state index in [1.165, 1.54) is 24.3 Å². The summed E-state index contributed by atoms with van der Waals surface area (Å²) in [6, 6.07) is 4.57. The first-order chi connectivity index (χ1) is 10.0. The Morgan fingerprint density at radius 1 is 1.29 bits per heavy atom. The fraction of sp³-hybridized carbons (Fsp3) is 0.0833. The molecule has 0 aliphatic rings. The van der Waals surface area contributed by atoms with E-state index in [1.807, 2.05) is 10.1 Å². The van der Waals surface area contributed by atoms with E-state index < -0.39 is 28.9 Å². The quantitative estimate of drug-likeness (QED) is 0.522. The zero-order valence-corrected chi connectivity index (χ0v) is 10.5. The van der Waals surface area contributed by atoms with Gasteiger partial charge in [0.15, 0.2) is 0 Å². The predicted octanol–water partition coefficient (Wildman–Crippen LogP) is -1.17. The summed E-state index contributed by atoms with van der Waals surface area (Å²) in [6.45, 7) is 0. The molecule has 1 heterocycles. The van der Waals surface area contributed by atoms with Crippen LogP contribution in [-0.2, 0) is 4.79 Å². The lowest BCUT2D eigenvalue weighted by Gasteiger charge is -2.12. The average molecular weight is 290 g/mol. The van der Waals surface area contributed by atoms with Crippen molar-refractivity contribution < 1.29 is 14.7 Å². The molecule has 0 bridgehead atoms. The second-order valence-electron chi connectivity index (χ2n) is 4.03. The number of carbonyl (C=O) groups excluding carboxylic acids is 2. The number of aldehydes is 1. The average Bonchev–Trinajstić information content (AvgIpc) is 2.45. The van der Waals surface area contributed by atoms with Crippen molar-refractivity contribution in [2.45, 2.75) is 6.04 Å². The number of nitrogens with zero attached hydrogens (tertiary/aromatic N) is 1. The Bertz CT molecular complexity index is 777. The molecule has 4 N–H and O–H groups in total. The van der Waals surface area contributed by atoms with Gasteiger partial charge in [-0.1, -0.05) is 12.1 Å². The minimum Gasteiger partial charge on any atom is -0.508 e. The van der Waals surface area contributed by atoms with Gasteiger partial charge in [0, 0.05) is 0 Å². The number of aromatic hydroxyl groups is 1. The van der Waals surface area contributed by atoms with Crippen LogP contribution in [0.25, 0.3) is 0 Å². The second-order valence-corrected chi connectivity index (χ2v) is 4.03. The van der Waals surface area contributed by atoms with Crippen molar-refractivity contribution in [3.05, 3.63) is 56.4 Å². The number of nitrogens with one attached hydrogen (secondary N) is 3. The highest BCUT2D eigenvalue weighted by molar-refractivity contribution is 5.93. The van der Waals surface area contributed by atoms with E-state index in [1.54, 1.807) is 0 Å². The molecule has 9 heteroatoms. The van der Waals surface area contributed by atoms with Crippen molar-refractivity contribution in [2.75, 3.05) is 0 Å². The highest BCUT2D eigenvalue weighted by atomic mass is 16.3. The van der Waals surface area contributed by atoms with Gasteiger partial charge in [0.2, 0.25) is 5.69 Å². The summed E-state index contributed by atoms with van der Waals surface area (Å²) in [5, 5.41) is 16.7. The maximum absolute atomic E-state index is 11.9. The number of rotatable bonds is 4. The van der Waals surface area contributed by atoms with Crippen LogP contribution >= 0.6 is 0 Å². The zero-order valence-electron chi connectivity index (χ0n) is 10.5. The van der Waals surface area contributed by atoms with Gasteiger partial charge in [0.1, 0.15) is 18.1 Å². The molecule has 1 unspecified atom stereocenters. The van der Waals surface area contributed by atoms with Crippen LogP contribution < -0.4 is 16.6 Å². The molecule has 2 aromatic rings. The van der Waals surface area contributed by atoms with Crippen LogP contribution in [0.15, 0.2) is 33.9 Å². The molecular formula is C12H10N4O5. The van der Waals surface area contributed by atoms with Gasteiger partial charge in [0.25, 0.3) is 11.5 Å². The summed E-state index contributed by atoms with van der Waals surface area (Å²) in [6.07, 6.45) is 0.462. The first-order valence-corrected chi connectivity index (χ1v) is 5.75. The lowest BCUT2D eigenvalue weighted by atomic mass is 10.1. The van der Waals surface area contributed by atoms with Crippen LogP contribution in [0.4, 0.5) is 0 Å². The molecule has 0 radical (unpaired) electrons. The van der Waals surface area contributed by atoms with Gasteiger partial charge in [-0.2, -0.15) is 5.10 Å². The van der Waals surface area contributed by atoms with Gasteiger partial charge < -0.3 is 15.2 Å². The number of hydrogen-bond acceptors (Lipinski definition) is 6. The van der Waals surface area contributed by atoms with Crippen LogP contribution in [0.5, 0.6) is 5.75 Å². The van der Waals surface area contributed by atoms with Crippen molar-refractivity contribution in [1.82, 2.24) is 20.5 Å². The molecule has 0 spiro atoms. The summed E-state index contributed by atoms with van der Waals surface area (Å²) in [5.74, 6) is -0.911. The molecule has 0 saturated heterocycles. The molecule has 0 saturated carbocycles. The summed E-state index contributed by atoms with van der Waals surface area (Å²) in [4.78, 5) is 47.0. The Kier molecular flexibility index (Phi) is 3.93. The fourth-order valence-electron chi connectivity index (χ4n) is 1.59. The number of aromatic amines is 2. The van der Waals surface area contributed by atoms with E-state index in [2.05, 4.69) is 10.4 Å². The SMILES string of the molecule is O=CC(NC(=O)c1n[nH]c(=O)[nH]c1=O)c1ccc(O)cc1. The number of benzene rings is 1. The van der Waals surface area contributed by atoms with Gasteiger partial charge in [-0.05, 0) is 17.7 Å². The van der Waals surface area contributed by atoms with E-state index in [9.17, 15) is 19.2 Å².